The summed E-state index contributed by atoms with van der Waals surface area (Å²) in [6.07, 6.45) is 0. The molecule has 0 aliphatic heterocycles. The first-order valence-corrected chi connectivity index (χ1v) is 6.78. The van der Waals surface area contributed by atoms with Crippen molar-refractivity contribution in [2.24, 2.45) is 0 Å². The van der Waals surface area contributed by atoms with Gasteiger partial charge in [-0.05, 0) is 17.7 Å². The van der Waals surface area contributed by atoms with Crippen LogP contribution in [0, 0.1) is 0 Å². The van der Waals surface area contributed by atoms with Gasteiger partial charge in [0.1, 0.15) is 12.4 Å². The van der Waals surface area contributed by atoms with E-state index in [2.05, 4.69) is 10.6 Å². The summed E-state index contributed by atoms with van der Waals surface area (Å²) in [4.78, 5) is 11.6. The number of hydrogen-bond acceptors (Lipinski definition) is 3. The highest BCUT2D eigenvalue weighted by molar-refractivity contribution is 5.73. The average Bonchev–Trinajstić information content (AvgIpc) is 2.52. The van der Waals surface area contributed by atoms with Crippen LogP contribution in [-0.2, 0) is 6.54 Å². The Morgan fingerprint density at radius 3 is 2.48 bits per heavy atom. The van der Waals surface area contributed by atoms with Gasteiger partial charge >= 0.3 is 6.03 Å². The Bertz CT molecular complexity index is 573. The number of amides is 2. The zero-order chi connectivity index (χ0) is 14.9. The molecule has 0 spiro atoms. The molecular weight excluding hydrogens is 266 g/mol. The maximum Gasteiger partial charge on any atom is 0.315 e. The van der Waals surface area contributed by atoms with Gasteiger partial charge in [0.05, 0.1) is 12.2 Å². The third kappa shape index (κ3) is 5.06. The lowest BCUT2D eigenvalue weighted by Crippen LogP contribution is -2.37. The van der Waals surface area contributed by atoms with Crippen LogP contribution in [0.15, 0.2) is 54.6 Å². The second-order valence-corrected chi connectivity index (χ2v) is 4.48. The van der Waals surface area contributed by atoms with E-state index >= 15 is 0 Å². The first-order chi connectivity index (χ1) is 10.3. The molecule has 110 valence electrons. The molecule has 0 aliphatic rings. The average molecular weight is 285 g/mol. The number of nitrogens with one attached hydrogen (secondary N) is 2. The summed E-state index contributed by atoms with van der Waals surface area (Å²) >= 11 is 0. The molecule has 2 aromatic carbocycles. The van der Waals surface area contributed by atoms with E-state index in [0.29, 0.717) is 31.1 Å². The number of hydrogen-bond donors (Lipinski definition) is 3. The summed E-state index contributed by atoms with van der Waals surface area (Å²) in [6.45, 7) is 1.28. The molecule has 0 unspecified atom stereocenters. The van der Waals surface area contributed by atoms with Crippen molar-refractivity contribution in [3.05, 3.63) is 60.2 Å². The van der Waals surface area contributed by atoms with Crippen LogP contribution in [0.5, 0.6) is 5.75 Å². The number of urea groups is 1. The van der Waals surface area contributed by atoms with Gasteiger partial charge in [-0.2, -0.15) is 0 Å². The molecule has 21 heavy (non-hydrogen) atoms. The fraction of sp³-hybridized carbons (Fsp3) is 0.188. The Hall–Kier alpha value is -2.69. The number of benzene rings is 2. The number of para-hydroxylation sites is 2. The number of carbonyl (C=O) groups excluding carboxylic acids is 1. The van der Waals surface area contributed by atoms with E-state index < -0.39 is 0 Å². The molecule has 0 fully saturated rings. The Morgan fingerprint density at radius 1 is 1.00 bits per heavy atom. The minimum absolute atomic E-state index is 0.219. The monoisotopic (exact) mass is 285 g/mol. The van der Waals surface area contributed by atoms with Crippen molar-refractivity contribution in [2.75, 3.05) is 18.9 Å². The number of rotatable bonds is 6. The van der Waals surface area contributed by atoms with Crippen LogP contribution in [0.3, 0.4) is 0 Å². The van der Waals surface area contributed by atoms with Crippen molar-refractivity contribution in [1.29, 1.82) is 0 Å². The number of ether oxygens (including phenoxy) is 1. The topological polar surface area (TPSA) is 76.4 Å². The zero-order valence-electron chi connectivity index (χ0n) is 11.7. The summed E-state index contributed by atoms with van der Waals surface area (Å²) in [6, 6.07) is 16.8. The van der Waals surface area contributed by atoms with Crippen molar-refractivity contribution in [3.63, 3.8) is 0 Å². The Kier molecular flexibility index (Phi) is 5.46. The standard InChI is InChI=1S/C16H19N3O2/c17-14-8-4-5-9-15(14)21-11-10-18-16(20)19-12-13-6-2-1-3-7-13/h1-9H,10-12,17H2,(H2,18,19,20). The summed E-state index contributed by atoms with van der Waals surface area (Å²) in [7, 11) is 0. The lowest BCUT2D eigenvalue weighted by molar-refractivity contribution is 0.236. The van der Waals surface area contributed by atoms with Crippen LogP contribution in [0.1, 0.15) is 5.56 Å². The first-order valence-electron chi connectivity index (χ1n) is 6.78. The molecule has 0 saturated heterocycles. The third-order valence-corrected chi connectivity index (χ3v) is 2.86. The molecule has 0 bridgehead atoms. The van der Waals surface area contributed by atoms with E-state index in [0.717, 1.165) is 5.56 Å². The van der Waals surface area contributed by atoms with Gasteiger partial charge in [0.2, 0.25) is 0 Å². The first kappa shape index (κ1) is 14.7. The second kappa shape index (κ2) is 7.79. The molecule has 0 atom stereocenters. The molecule has 4 N–H and O–H groups in total. The SMILES string of the molecule is Nc1ccccc1OCCNC(=O)NCc1ccccc1. The molecule has 0 aliphatic carbocycles. The summed E-state index contributed by atoms with van der Waals surface area (Å²) in [5.41, 5.74) is 7.40. The summed E-state index contributed by atoms with van der Waals surface area (Å²) in [5, 5.41) is 5.51. The van der Waals surface area contributed by atoms with Crippen LogP contribution < -0.4 is 21.1 Å². The van der Waals surface area contributed by atoms with E-state index in [9.17, 15) is 4.79 Å². The van der Waals surface area contributed by atoms with Crippen LogP contribution in [0.25, 0.3) is 0 Å². The van der Waals surface area contributed by atoms with Crippen molar-refractivity contribution in [2.45, 2.75) is 6.54 Å². The summed E-state index contributed by atoms with van der Waals surface area (Å²) < 4.78 is 5.48. The molecule has 5 heteroatoms. The van der Waals surface area contributed by atoms with Crippen LogP contribution in [0.2, 0.25) is 0 Å². The van der Waals surface area contributed by atoms with E-state index in [1.54, 1.807) is 12.1 Å². The van der Waals surface area contributed by atoms with Crippen molar-refractivity contribution < 1.29 is 9.53 Å². The van der Waals surface area contributed by atoms with Crippen LogP contribution in [0.4, 0.5) is 10.5 Å². The molecule has 2 aromatic rings. The molecule has 2 amide bonds. The molecule has 0 radical (unpaired) electrons. The number of nitrogen functional groups attached to an aromatic ring is 1. The molecule has 0 aromatic heterocycles. The largest absolute Gasteiger partial charge is 0.490 e. The van der Waals surface area contributed by atoms with Crippen molar-refractivity contribution in [3.8, 4) is 5.75 Å². The quantitative estimate of drug-likeness (QED) is 0.562. The van der Waals surface area contributed by atoms with Gasteiger partial charge in [0.25, 0.3) is 0 Å². The smallest absolute Gasteiger partial charge is 0.315 e. The normalized spacial score (nSPS) is 9.90. The third-order valence-electron chi connectivity index (χ3n) is 2.86. The van der Waals surface area contributed by atoms with Crippen molar-refractivity contribution in [1.82, 2.24) is 10.6 Å². The fourth-order valence-electron chi connectivity index (χ4n) is 1.78. The molecule has 5 nitrogen and oxygen atoms in total. The number of anilines is 1. The summed E-state index contributed by atoms with van der Waals surface area (Å²) in [5.74, 6) is 0.629. The van der Waals surface area contributed by atoms with Gasteiger partial charge in [-0.15, -0.1) is 0 Å². The van der Waals surface area contributed by atoms with Gasteiger partial charge in [-0.25, -0.2) is 4.79 Å². The Labute approximate surface area is 124 Å². The minimum Gasteiger partial charge on any atom is -0.490 e. The van der Waals surface area contributed by atoms with Crippen LogP contribution >= 0.6 is 0 Å². The van der Waals surface area contributed by atoms with E-state index in [1.807, 2.05) is 42.5 Å². The molecular formula is C16H19N3O2. The van der Waals surface area contributed by atoms with Crippen LogP contribution in [-0.4, -0.2) is 19.2 Å². The van der Waals surface area contributed by atoms with Gasteiger partial charge in [0.15, 0.2) is 0 Å². The lowest BCUT2D eigenvalue weighted by atomic mass is 10.2. The van der Waals surface area contributed by atoms with E-state index in [-0.39, 0.29) is 6.03 Å². The lowest BCUT2D eigenvalue weighted by Gasteiger charge is -2.10. The van der Waals surface area contributed by atoms with Gasteiger partial charge < -0.3 is 21.1 Å². The fourth-order valence-corrected chi connectivity index (χ4v) is 1.78. The van der Waals surface area contributed by atoms with Gasteiger partial charge in [-0.3, -0.25) is 0 Å². The second-order valence-electron chi connectivity index (χ2n) is 4.48. The predicted octanol–water partition coefficient (Wildman–Crippen LogP) is 2.15. The predicted molar refractivity (Wildman–Crippen MR) is 83.0 cm³/mol. The van der Waals surface area contributed by atoms with E-state index in [1.165, 1.54) is 0 Å². The van der Waals surface area contributed by atoms with Crippen molar-refractivity contribution >= 4 is 11.7 Å². The highest BCUT2D eigenvalue weighted by atomic mass is 16.5. The van der Waals surface area contributed by atoms with Gasteiger partial charge in [-0.1, -0.05) is 42.5 Å². The highest BCUT2D eigenvalue weighted by Crippen LogP contribution is 2.19. The molecule has 0 heterocycles. The maximum absolute atomic E-state index is 11.6. The maximum atomic E-state index is 11.6. The van der Waals surface area contributed by atoms with Gasteiger partial charge in [0, 0.05) is 6.54 Å². The molecule has 0 saturated carbocycles. The Morgan fingerprint density at radius 2 is 1.71 bits per heavy atom. The number of carbonyl (C=O) groups is 1. The molecule has 2 rings (SSSR count). The van der Waals surface area contributed by atoms with E-state index in [4.69, 9.17) is 10.5 Å². The number of nitrogens with two attached hydrogens (primary N) is 1. The Balaban J connectivity index is 1.62. The zero-order valence-corrected chi connectivity index (χ0v) is 11.7. The highest BCUT2D eigenvalue weighted by Gasteiger charge is 2.01. The minimum atomic E-state index is -0.219.